The lowest BCUT2D eigenvalue weighted by atomic mass is 9.96. The van der Waals surface area contributed by atoms with Gasteiger partial charge in [-0.1, -0.05) is 87.5 Å². The van der Waals surface area contributed by atoms with Crippen molar-refractivity contribution in [2.45, 2.75) is 40.9 Å². The highest BCUT2D eigenvalue weighted by Gasteiger charge is 2.27. The van der Waals surface area contributed by atoms with Crippen molar-refractivity contribution in [3.8, 4) is 0 Å². The molecule has 160 valence electrons. The lowest BCUT2D eigenvalue weighted by Gasteiger charge is -2.28. The molecule has 1 atom stereocenters. The zero-order valence-electron chi connectivity index (χ0n) is 18.6. The Hall–Kier alpha value is -2.85. The molecule has 0 N–H and O–H groups in total. The minimum absolute atomic E-state index is 0.299. The van der Waals surface area contributed by atoms with Crippen LogP contribution in [0, 0.1) is 5.41 Å². The normalized spacial score (nSPS) is 14.0. The average Bonchev–Trinajstić information content (AvgIpc) is 2.75. The molecule has 0 aliphatic carbocycles. The number of hydrogen-bond acceptors (Lipinski definition) is 4. The fraction of sp³-hybridized carbons (Fsp3) is 0.346. The van der Waals surface area contributed by atoms with Gasteiger partial charge in [0.05, 0.1) is 6.61 Å². The van der Waals surface area contributed by atoms with E-state index in [1.165, 1.54) is 0 Å². The molecule has 0 aliphatic heterocycles. The first kappa shape index (κ1) is 23.4. The maximum Gasteiger partial charge on any atom is 0.295 e. The molecule has 1 unspecified atom stereocenters. The first-order chi connectivity index (χ1) is 14.4. The number of hydrogen-bond donors (Lipinski definition) is 0. The molecular formula is C26H32O4. The number of carbonyl (C=O) groups excluding carboxylic acids is 1. The number of rotatable bonds is 10. The van der Waals surface area contributed by atoms with Gasteiger partial charge in [-0.2, -0.15) is 0 Å². The maximum atomic E-state index is 10.8. The molecule has 2 aromatic carbocycles. The van der Waals surface area contributed by atoms with E-state index in [1.807, 2.05) is 64.1 Å². The average molecular weight is 409 g/mol. The molecule has 0 aliphatic rings. The fourth-order valence-corrected chi connectivity index (χ4v) is 3.10. The van der Waals surface area contributed by atoms with E-state index in [-0.39, 0.29) is 5.41 Å². The van der Waals surface area contributed by atoms with Gasteiger partial charge >= 0.3 is 0 Å². The van der Waals surface area contributed by atoms with Gasteiger partial charge in [0.25, 0.3) is 6.47 Å². The molecule has 0 fully saturated rings. The van der Waals surface area contributed by atoms with E-state index in [0.717, 1.165) is 28.0 Å². The van der Waals surface area contributed by atoms with Crippen LogP contribution in [0.4, 0.5) is 0 Å². The van der Waals surface area contributed by atoms with Gasteiger partial charge in [-0.15, -0.1) is 0 Å². The molecule has 0 heterocycles. The van der Waals surface area contributed by atoms with E-state index >= 15 is 0 Å². The summed E-state index contributed by atoms with van der Waals surface area (Å²) < 4.78 is 17.1. The molecule has 0 aromatic heterocycles. The zero-order valence-corrected chi connectivity index (χ0v) is 18.6. The molecule has 2 aromatic rings. The van der Waals surface area contributed by atoms with Crippen LogP contribution < -0.4 is 0 Å². The minimum Gasteiger partial charge on any atom is -0.490 e. The summed E-state index contributed by atoms with van der Waals surface area (Å²) in [4.78, 5) is 10.8. The molecule has 0 saturated carbocycles. The first-order valence-electron chi connectivity index (χ1n) is 10.2. The van der Waals surface area contributed by atoms with E-state index in [9.17, 15) is 4.79 Å². The number of allylic oxidation sites excluding steroid dienone is 3. The first-order valence-corrected chi connectivity index (χ1v) is 10.2. The largest absolute Gasteiger partial charge is 0.490 e. The van der Waals surface area contributed by atoms with Crippen LogP contribution in [0.15, 0.2) is 72.5 Å². The second-order valence-corrected chi connectivity index (χ2v) is 8.04. The highest BCUT2D eigenvalue weighted by molar-refractivity contribution is 5.86. The Morgan fingerprint density at radius 1 is 0.933 bits per heavy atom. The predicted molar refractivity (Wildman–Crippen MR) is 121 cm³/mol. The standard InChI is InChI=1S/C26H32O4/c1-6-23(22-15-11-8-12-16-22)24(20(2)21-13-9-7-10-14-21)28-17-18-29-25(30-19-27)26(3,4)5/h6-16,19,25H,17-18H2,1-5H3/b23-6-,24-20-. The third-order valence-electron chi connectivity index (χ3n) is 4.65. The third-order valence-corrected chi connectivity index (χ3v) is 4.65. The molecule has 0 spiro atoms. The molecule has 4 heteroatoms. The van der Waals surface area contributed by atoms with Crippen molar-refractivity contribution in [3.63, 3.8) is 0 Å². The molecule has 0 radical (unpaired) electrons. The Kier molecular flexibility index (Phi) is 8.88. The quantitative estimate of drug-likeness (QED) is 0.157. The Labute approximate surface area is 180 Å². The molecular weight excluding hydrogens is 376 g/mol. The summed E-state index contributed by atoms with van der Waals surface area (Å²) >= 11 is 0. The van der Waals surface area contributed by atoms with Crippen molar-refractivity contribution in [2.24, 2.45) is 5.41 Å². The van der Waals surface area contributed by atoms with Gasteiger partial charge in [0.1, 0.15) is 12.4 Å². The summed E-state index contributed by atoms with van der Waals surface area (Å²) in [5, 5.41) is 0. The molecule has 0 bridgehead atoms. The van der Waals surface area contributed by atoms with Crippen LogP contribution >= 0.6 is 0 Å². The lowest BCUT2D eigenvalue weighted by Crippen LogP contribution is -2.32. The van der Waals surface area contributed by atoms with Crippen LogP contribution in [0.1, 0.15) is 45.7 Å². The van der Waals surface area contributed by atoms with Gasteiger partial charge in [-0.3, -0.25) is 4.79 Å². The summed E-state index contributed by atoms with van der Waals surface area (Å²) in [6.45, 7) is 11.0. The Balaban J connectivity index is 2.24. The predicted octanol–water partition coefficient (Wildman–Crippen LogP) is 6.10. The van der Waals surface area contributed by atoms with Crippen molar-refractivity contribution in [2.75, 3.05) is 13.2 Å². The van der Waals surface area contributed by atoms with Crippen molar-refractivity contribution in [3.05, 3.63) is 83.6 Å². The molecule has 30 heavy (non-hydrogen) atoms. The van der Waals surface area contributed by atoms with Crippen LogP contribution in [0.5, 0.6) is 0 Å². The highest BCUT2D eigenvalue weighted by Crippen LogP contribution is 2.31. The lowest BCUT2D eigenvalue weighted by molar-refractivity contribution is -0.193. The smallest absolute Gasteiger partial charge is 0.295 e. The summed E-state index contributed by atoms with van der Waals surface area (Å²) in [5.41, 5.74) is 3.93. The SMILES string of the molecule is C/C=C(\C(OCCOC(OC=O)C(C)(C)C)=C(/C)c1ccccc1)c1ccccc1. The number of ether oxygens (including phenoxy) is 3. The van der Waals surface area contributed by atoms with E-state index < -0.39 is 6.29 Å². The Bertz CT molecular complexity index is 846. The molecule has 0 saturated heterocycles. The molecule has 2 rings (SSSR count). The topological polar surface area (TPSA) is 44.8 Å². The van der Waals surface area contributed by atoms with E-state index in [2.05, 4.69) is 37.3 Å². The second-order valence-electron chi connectivity index (χ2n) is 8.04. The van der Waals surface area contributed by atoms with E-state index in [4.69, 9.17) is 14.2 Å². The van der Waals surface area contributed by atoms with Crippen molar-refractivity contribution < 1.29 is 19.0 Å². The highest BCUT2D eigenvalue weighted by atomic mass is 16.7. The maximum absolute atomic E-state index is 10.8. The van der Waals surface area contributed by atoms with E-state index in [0.29, 0.717) is 19.7 Å². The van der Waals surface area contributed by atoms with Crippen molar-refractivity contribution in [1.82, 2.24) is 0 Å². The van der Waals surface area contributed by atoms with Crippen LogP contribution in [-0.4, -0.2) is 26.0 Å². The minimum atomic E-state index is -0.628. The number of carbonyl (C=O) groups is 1. The van der Waals surface area contributed by atoms with Crippen LogP contribution in [0.3, 0.4) is 0 Å². The van der Waals surface area contributed by atoms with Gasteiger partial charge in [0, 0.05) is 11.0 Å². The Morgan fingerprint density at radius 3 is 2.00 bits per heavy atom. The Morgan fingerprint density at radius 2 is 1.50 bits per heavy atom. The van der Waals surface area contributed by atoms with Crippen LogP contribution in [-0.2, 0) is 19.0 Å². The monoisotopic (exact) mass is 408 g/mol. The summed E-state index contributed by atoms with van der Waals surface area (Å²) in [6, 6.07) is 20.3. The van der Waals surface area contributed by atoms with Crippen molar-refractivity contribution >= 4 is 17.6 Å². The van der Waals surface area contributed by atoms with Gasteiger partial charge < -0.3 is 14.2 Å². The van der Waals surface area contributed by atoms with Crippen molar-refractivity contribution in [1.29, 1.82) is 0 Å². The molecule has 4 nitrogen and oxygen atoms in total. The summed E-state index contributed by atoms with van der Waals surface area (Å²) in [6.07, 6.45) is 1.43. The molecule has 0 amide bonds. The fourth-order valence-electron chi connectivity index (χ4n) is 3.10. The van der Waals surface area contributed by atoms with Gasteiger partial charge in [0.15, 0.2) is 0 Å². The van der Waals surface area contributed by atoms with Gasteiger partial charge in [-0.05, 0) is 30.5 Å². The van der Waals surface area contributed by atoms with Gasteiger partial charge in [0.2, 0.25) is 6.29 Å². The third kappa shape index (κ3) is 6.60. The van der Waals surface area contributed by atoms with Crippen LogP contribution in [0.25, 0.3) is 11.1 Å². The van der Waals surface area contributed by atoms with Gasteiger partial charge in [-0.25, -0.2) is 0 Å². The van der Waals surface area contributed by atoms with E-state index in [1.54, 1.807) is 0 Å². The second kappa shape index (κ2) is 11.4. The summed E-state index contributed by atoms with van der Waals surface area (Å²) in [5.74, 6) is 0.808. The zero-order chi connectivity index (χ0) is 22.0. The van der Waals surface area contributed by atoms with Crippen LogP contribution in [0.2, 0.25) is 0 Å². The number of benzene rings is 2. The summed E-state index contributed by atoms with van der Waals surface area (Å²) in [7, 11) is 0.